The average Bonchev–Trinajstić information content (AvgIpc) is 3.26. The lowest BCUT2D eigenvalue weighted by Crippen LogP contribution is -1.86. The van der Waals surface area contributed by atoms with Crippen LogP contribution in [0.4, 0.5) is 0 Å². The average molecular weight is 346 g/mol. The Balaban J connectivity index is 1.65. The topological polar surface area (TPSA) is 57.4 Å². The van der Waals surface area contributed by atoms with E-state index in [-0.39, 0.29) is 0 Å². The highest BCUT2D eigenvalue weighted by atomic mass is 14.9. The van der Waals surface area contributed by atoms with Gasteiger partial charge >= 0.3 is 0 Å². The molecule has 0 saturated carbocycles. The zero-order valence-corrected chi connectivity index (χ0v) is 15.6. The van der Waals surface area contributed by atoms with Crippen molar-refractivity contribution >= 4 is 22.1 Å². The van der Waals surface area contributed by atoms with Crippen LogP contribution in [0.25, 0.3) is 33.2 Å². The van der Waals surface area contributed by atoms with Crippen LogP contribution in [0.5, 0.6) is 0 Å². The number of hydrogen-bond acceptors (Lipinski definition) is 2. The Morgan fingerprint density at radius 3 is 1.58 bits per heavy atom. The van der Waals surface area contributed by atoms with E-state index >= 15 is 0 Å². The molecule has 2 heterocycles. The van der Waals surface area contributed by atoms with Gasteiger partial charge in [-0.25, -0.2) is 9.97 Å². The van der Waals surface area contributed by atoms with Crippen molar-refractivity contribution in [3.8, 4) is 11.1 Å². The Kier molecular flexibility index (Phi) is 4.74. The van der Waals surface area contributed by atoms with Crippen LogP contribution in [-0.4, -0.2) is 19.9 Å². The Labute approximate surface area is 154 Å². The summed E-state index contributed by atoms with van der Waals surface area (Å²) in [5.74, 6) is 2.17. The first kappa shape index (κ1) is 16.8. The Morgan fingerprint density at radius 1 is 0.692 bits per heavy atom. The van der Waals surface area contributed by atoms with Crippen LogP contribution in [0.1, 0.15) is 51.2 Å². The molecular weight excluding hydrogens is 320 g/mol. The van der Waals surface area contributed by atoms with Crippen LogP contribution in [0.2, 0.25) is 0 Å². The molecule has 4 nitrogen and oxygen atoms in total. The second-order valence-corrected chi connectivity index (χ2v) is 7.04. The lowest BCUT2D eigenvalue weighted by atomic mass is 10.0. The fourth-order valence-corrected chi connectivity index (χ4v) is 3.41. The summed E-state index contributed by atoms with van der Waals surface area (Å²) in [7, 11) is 0. The van der Waals surface area contributed by atoms with Gasteiger partial charge in [-0.3, -0.25) is 0 Å². The normalized spacial score (nSPS) is 11.6. The Bertz CT molecular complexity index is 941. The number of H-pyrrole nitrogens is 2. The van der Waals surface area contributed by atoms with E-state index in [1.165, 1.54) is 36.8 Å². The Morgan fingerprint density at radius 2 is 1.15 bits per heavy atom. The number of hydrogen-bond donors (Lipinski definition) is 2. The van der Waals surface area contributed by atoms with Crippen LogP contribution in [0, 0.1) is 0 Å². The second kappa shape index (κ2) is 7.32. The van der Waals surface area contributed by atoms with E-state index in [1.54, 1.807) is 0 Å². The van der Waals surface area contributed by atoms with Gasteiger partial charge in [0, 0.05) is 12.8 Å². The molecular formula is C22H26N4. The number of imidazole rings is 2. The quantitative estimate of drug-likeness (QED) is 0.445. The molecule has 0 radical (unpaired) electrons. The van der Waals surface area contributed by atoms with E-state index in [9.17, 15) is 0 Å². The number of aryl methyl sites for hydroxylation is 2. The highest BCUT2D eigenvalue weighted by molar-refractivity contribution is 5.86. The number of nitrogens with one attached hydrogen (secondary N) is 2. The fourth-order valence-electron chi connectivity index (χ4n) is 3.41. The lowest BCUT2D eigenvalue weighted by Gasteiger charge is -2.01. The molecule has 0 spiro atoms. The third-order valence-corrected chi connectivity index (χ3v) is 4.93. The molecule has 0 aliphatic rings. The van der Waals surface area contributed by atoms with Crippen molar-refractivity contribution < 1.29 is 0 Å². The molecule has 0 amide bonds. The van der Waals surface area contributed by atoms with Gasteiger partial charge in [-0.1, -0.05) is 38.8 Å². The first-order valence-electron chi connectivity index (χ1n) is 9.74. The zero-order chi connectivity index (χ0) is 17.9. The standard InChI is InChI=1S/C22H26N4/c1-3-5-7-21-23-17-11-9-15(13-19(17)25-21)16-10-12-18-20(14-16)26-22(24-18)8-6-4-2/h9-14H,3-8H2,1-2H3,(H,23,25)(H,24,26). The van der Waals surface area contributed by atoms with E-state index in [1.807, 2.05) is 0 Å². The maximum Gasteiger partial charge on any atom is 0.107 e. The van der Waals surface area contributed by atoms with E-state index in [0.717, 1.165) is 46.6 Å². The van der Waals surface area contributed by atoms with Crippen LogP contribution >= 0.6 is 0 Å². The Hall–Kier alpha value is -2.62. The van der Waals surface area contributed by atoms with Crippen LogP contribution in [-0.2, 0) is 12.8 Å². The number of benzene rings is 2. The molecule has 0 aliphatic carbocycles. The molecule has 0 aliphatic heterocycles. The van der Waals surface area contributed by atoms with Gasteiger partial charge in [0.1, 0.15) is 11.6 Å². The van der Waals surface area contributed by atoms with Crippen molar-refractivity contribution in [2.45, 2.75) is 52.4 Å². The molecule has 2 N–H and O–H groups in total. The van der Waals surface area contributed by atoms with Crippen molar-refractivity contribution in [1.82, 2.24) is 19.9 Å². The molecule has 26 heavy (non-hydrogen) atoms. The van der Waals surface area contributed by atoms with Gasteiger partial charge in [0.25, 0.3) is 0 Å². The molecule has 4 aromatic rings. The highest BCUT2D eigenvalue weighted by Crippen LogP contribution is 2.26. The fraction of sp³-hybridized carbons (Fsp3) is 0.364. The molecule has 2 aromatic heterocycles. The number of rotatable bonds is 7. The molecule has 4 rings (SSSR count). The number of unbranched alkanes of at least 4 members (excludes halogenated alkanes) is 2. The molecule has 2 aromatic carbocycles. The van der Waals surface area contributed by atoms with Crippen molar-refractivity contribution in [3.05, 3.63) is 48.0 Å². The van der Waals surface area contributed by atoms with Crippen LogP contribution in [0.15, 0.2) is 36.4 Å². The van der Waals surface area contributed by atoms with Crippen molar-refractivity contribution in [1.29, 1.82) is 0 Å². The van der Waals surface area contributed by atoms with Crippen molar-refractivity contribution in [2.75, 3.05) is 0 Å². The first-order chi connectivity index (χ1) is 12.8. The summed E-state index contributed by atoms with van der Waals surface area (Å²) < 4.78 is 0. The molecule has 0 fully saturated rings. The SMILES string of the molecule is CCCCc1nc2ccc(-c3ccc4nc(CCCC)[nH]c4c3)cc2[nH]1. The van der Waals surface area contributed by atoms with E-state index in [0.29, 0.717) is 0 Å². The zero-order valence-electron chi connectivity index (χ0n) is 15.6. The lowest BCUT2D eigenvalue weighted by molar-refractivity contribution is 0.765. The molecule has 0 saturated heterocycles. The maximum atomic E-state index is 4.70. The third kappa shape index (κ3) is 3.36. The van der Waals surface area contributed by atoms with Crippen molar-refractivity contribution in [2.24, 2.45) is 0 Å². The first-order valence-corrected chi connectivity index (χ1v) is 9.74. The summed E-state index contributed by atoms with van der Waals surface area (Å²) in [5, 5.41) is 0. The second-order valence-electron chi connectivity index (χ2n) is 7.04. The number of aromatic amines is 2. The van der Waals surface area contributed by atoms with Gasteiger partial charge in [0.05, 0.1) is 22.1 Å². The predicted molar refractivity (Wildman–Crippen MR) is 108 cm³/mol. The minimum atomic E-state index is 1.02. The van der Waals surface area contributed by atoms with E-state index in [2.05, 4.69) is 60.2 Å². The molecule has 0 bridgehead atoms. The number of nitrogens with zero attached hydrogens (tertiary/aromatic N) is 2. The summed E-state index contributed by atoms with van der Waals surface area (Å²) in [5.41, 5.74) is 6.72. The summed E-state index contributed by atoms with van der Waals surface area (Å²) in [6, 6.07) is 12.9. The van der Waals surface area contributed by atoms with Gasteiger partial charge in [-0.15, -0.1) is 0 Å². The maximum absolute atomic E-state index is 4.70. The molecule has 0 unspecified atom stereocenters. The largest absolute Gasteiger partial charge is 0.342 e. The van der Waals surface area contributed by atoms with E-state index in [4.69, 9.17) is 9.97 Å². The third-order valence-electron chi connectivity index (χ3n) is 4.93. The summed E-state index contributed by atoms with van der Waals surface area (Å²) in [6.07, 6.45) is 6.74. The number of fused-ring (bicyclic) bond motifs is 2. The monoisotopic (exact) mass is 346 g/mol. The molecule has 0 atom stereocenters. The number of aromatic nitrogens is 4. The van der Waals surface area contributed by atoms with Crippen molar-refractivity contribution in [3.63, 3.8) is 0 Å². The molecule has 134 valence electrons. The summed E-state index contributed by atoms with van der Waals surface area (Å²) in [6.45, 7) is 4.42. The minimum absolute atomic E-state index is 1.02. The van der Waals surface area contributed by atoms with Gasteiger partial charge in [-0.05, 0) is 48.2 Å². The summed E-state index contributed by atoms with van der Waals surface area (Å²) in [4.78, 5) is 16.3. The van der Waals surface area contributed by atoms with Gasteiger partial charge < -0.3 is 9.97 Å². The van der Waals surface area contributed by atoms with Gasteiger partial charge in [0.15, 0.2) is 0 Å². The molecule has 4 heteroatoms. The highest BCUT2D eigenvalue weighted by Gasteiger charge is 2.08. The van der Waals surface area contributed by atoms with E-state index < -0.39 is 0 Å². The smallest absolute Gasteiger partial charge is 0.107 e. The predicted octanol–water partition coefficient (Wildman–Crippen LogP) is 5.79. The minimum Gasteiger partial charge on any atom is -0.342 e. The van der Waals surface area contributed by atoms with Gasteiger partial charge in [-0.2, -0.15) is 0 Å². The van der Waals surface area contributed by atoms with Crippen LogP contribution < -0.4 is 0 Å². The van der Waals surface area contributed by atoms with Gasteiger partial charge in [0.2, 0.25) is 0 Å². The summed E-state index contributed by atoms with van der Waals surface area (Å²) >= 11 is 0. The van der Waals surface area contributed by atoms with Crippen LogP contribution in [0.3, 0.4) is 0 Å².